The van der Waals surface area contributed by atoms with E-state index in [4.69, 9.17) is 9.72 Å². The van der Waals surface area contributed by atoms with Crippen LogP contribution in [-0.4, -0.2) is 31.8 Å². The minimum Gasteiger partial charge on any atom is -0.497 e. The van der Waals surface area contributed by atoms with Crippen LogP contribution in [0.3, 0.4) is 0 Å². The second kappa shape index (κ2) is 10.0. The summed E-state index contributed by atoms with van der Waals surface area (Å²) in [5.41, 5.74) is 3.64. The quantitative estimate of drug-likeness (QED) is 0.251. The Morgan fingerprint density at radius 2 is 1.65 bits per heavy atom. The summed E-state index contributed by atoms with van der Waals surface area (Å²) < 4.78 is 7.31. The molecule has 0 fully saturated rings. The van der Waals surface area contributed by atoms with Crippen molar-refractivity contribution in [2.24, 2.45) is 0 Å². The summed E-state index contributed by atoms with van der Waals surface area (Å²) in [5, 5.41) is 12.3. The second-order valence-electron chi connectivity index (χ2n) is 8.20. The van der Waals surface area contributed by atoms with Crippen LogP contribution in [0.25, 0.3) is 38.4 Å². The van der Waals surface area contributed by atoms with Crippen LogP contribution in [0, 0.1) is 0 Å². The molecular formula is C28H21N5O2S2. The van der Waals surface area contributed by atoms with Crippen LogP contribution in [-0.2, 0) is 5.75 Å². The van der Waals surface area contributed by atoms with Crippen molar-refractivity contribution in [3.8, 4) is 34.0 Å². The van der Waals surface area contributed by atoms with Crippen molar-refractivity contribution >= 4 is 33.3 Å². The van der Waals surface area contributed by atoms with Crippen LogP contribution in [0.1, 0.15) is 5.82 Å². The molecule has 0 spiro atoms. The van der Waals surface area contributed by atoms with E-state index in [2.05, 4.69) is 15.2 Å². The summed E-state index contributed by atoms with van der Waals surface area (Å²) in [6, 6.07) is 27.6. The van der Waals surface area contributed by atoms with Gasteiger partial charge in [-0.05, 0) is 42.0 Å². The van der Waals surface area contributed by atoms with Crippen molar-refractivity contribution in [1.29, 1.82) is 0 Å². The third-order valence-corrected chi connectivity index (χ3v) is 7.72. The SMILES string of the molecule is COc1ccc(-c2nnc(SCc3nc4scc(-c5ccccc5)c4c(=O)[nH]3)n2-c2ccccc2)cc1. The number of ether oxygens (including phenoxy) is 1. The summed E-state index contributed by atoms with van der Waals surface area (Å²) >= 11 is 2.95. The molecule has 0 bridgehead atoms. The van der Waals surface area contributed by atoms with E-state index in [1.807, 2.05) is 94.9 Å². The number of thioether (sulfide) groups is 1. The Morgan fingerprint density at radius 3 is 2.38 bits per heavy atom. The van der Waals surface area contributed by atoms with Crippen LogP contribution < -0.4 is 10.3 Å². The zero-order valence-corrected chi connectivity index (χ0v) is 21.4. The molecule has 0 aliphatic rings. The number of aromatic nitrogens is 5. The van der Waals surface area contributed by atoms with Gasteiger partial charge in [-0.15, -0.1) is 21.5 Å². The maximum atomic E-state index is 13.1. The zero-order chi connectivity index (χ0) is 25.2. The minimum absolute atomic E-state index is 0.135. The molecule has 1 N–H and O–H groups in total. The van der Waals surface area contributed by atoms with E-state index in [0.29, 0.717) is 22.1 Å². The number of aromatic amines is 1. The van der Waals surface area contributed by atoms with Crippen LogP contribution in [0.5, 0.6) is 5.75 Å². The topological polar surface area (TPSA) is 85.7 Å². The first-order chi connectivity index (χ1) is 18.2. The molecule has 37 heavy (non-hydrogen) atoms. The Labute approximate surface area is 220 Å². The van der Waals surface area contributed by atoms with E-state index in [0.717, 1.165) is 38.8 Å². The smallest absolute Gasteiger partial charge is 0.260 e. The lowest BCUT2D eigenvalue weighted by Crippen LogP contribution is -2.11. The summed E-state index contributed by atoms with van der Waals surface area (Å²) in [6.07, 6.45) is 0. The van der Waals surface area contributed by atoms with Gasteiger partial charge in [-0.1, -0.05) is 60.3 Å². The zero-order valence-electron chi connectivity index (χ0n) is 19.8. The Bertz CT molecular complexity index is 1730. The Kier molecular flexibility index (Phi) is 6.30. The van der Waals surface area contributed by atoms with E-state index in [1.165, 1.54) is 23.1 Å². The summed E-state index contributed by atoms with van der Waals surface area (Å²) in [4.78, 5) is 21.5. The molecule has 0 aliphatic heterocycles. The normalized spacial score (nSPS) is 11.2. The molecular weight excluding hydrogens is 502 g/mol. The highest BCUT2D eigenvalue weighted by atomic mass is 32.2. The van der Waals surface area contributed by atoms with Crippen molar-refractivity contribution in [3.63, 3.8) is 0 Å². The van der Waals surface area contributed by atoms with Crippen LogP contribution >= 0.6 is 23.1 Å². The first kappa shape index (κ1) is 23.2. The van der Waals surface area contributed by atoms with Crippen molar-refractivity contribution < 1.29 is 4.74 Å². The molecule has 3 aromatic carbocycles. The maximum absolute atomic E-state index is 13.1. The average Bonchev–Trinajstić information content (AvgIpc) is 3.58. The number of benzene rings is 3. The van der Waals surface area contributed by atoms with Gasteiger partial charge in [-0.25, -0.2) is 4.98 Å². The highest BCUT2D eigenvalue weighted by molar-refractivity contribution is 7.98. The maximum Gasteiger partial charge on any atom is 0.260 e. The number of nitrogens with one attached hydrogen (secondary N) is 1. The number of nitrogens with zero attached hydrogens (tertiary/aromatic N) is 4. The third kappa shape index (κ3) is 4.54. The fourth-order valence-corrected chi connectivity index (χ4v) is 5.91. The lowest BCUT2D eigenvalue weighted by molar-refractivity contribution is 0.415. The number of H-pyrrole nitrogens is 1. The Hall–Kier alpha value is -4.21. The largest absolute Gasteiger partial charge is 0.497 e. The van der Waals surface area contributed by atoms with Crippen LogP contribution in [0.2, 0.25) is 0 Å². The molecule has 0 aliphatic carbocycles. The van der Waals surface area contributed by atoms with Gasteiger partial charge in [0.25, 0.3) is 5.56 Å². The number of thiophene rings is 1. The van der Waals surface area contributed by atoms with E-state index >= 15 is 0 Å². The standard InChI is InChI=1S/C28H21N5O2S2/c1-35-21-14-12-19(13-15-21)25-31-32-28(33(25)20-10-6-3-7-11-20)37-17-23-29-26(34)24-22(16-36-27(24)30-23)18-8-4-2-5-9-18/h2-16H,17H2,1H3,(H,29,30,34). The van der Waals surface area contributed by atoms with E-state index in [9.17, 15) is 4.79 Å². The van der Waals surface area contributed by atoms with E-state index < -0.39 is 0 Å². The van der Waals surface area contributed by atoms with Crippen molar-refractivity contribution in [3.05, 3.63) is 106 Å². The van der Waals surface area contributed by atoms with Crippen molar-refractivity contribution in [2.45, 2.75) is 10.9 Å². The second-order valence-corrected chi connectivity index (χ2v) is 10.0. The number of hydrogen-bond donors (Lipinski definition) is 1. The molecule has 0 saturated heterocycles. The van der Waals surface area contributed by atoms with Gasteiger partial charge in [0.05, 0.1) is 18.2 Å². The first-order valence-electron chi connectivity index (χ1n) is 11.5. The number of rotatable bonds is 7. The fourth-order valence-electron chi connectivity index (χ4n) is 4.13. The Morgan fingerprint density at radius 1 is 0.919 bits per heavy atom. The van der Waals surface area contributed by atoms with Gasteiger partial charge >= 0.3 is 0 Å². The molecule has 7 nitrogen and oxygen atoms in total. The minimum atomic E-state index is -0.135. The molecule has 3 heterocycles. The van der Waals surface area contributed by atoms with E-state index in [1.54, 1.807) is 7.11 Å². The average molecular weight is 524 g/mol. The molecule has 0 amide bonds. The highest BCUT2D eigenvalue weighted by Gasteiger charge is 2.18. The van der Waals surface area contributed by atoms with Crippen molar-refractivity contribution in [2.75, 3.05) is 7.11 Å². The van der Waals surface area contributed by atoms with E-state index in [-0.39, 0.29) is 5.56 Å². The molecule has 0 saturated carbocycles. The Balaban J connectivity index is 1.33. The number of para-hydroxylation sites is 1. The molecule has 0 atom stereocenters. The van der Waals surface area contributed by atoms with Crippen molar-refractivity contribution in [1.82, 2.24) is 24.7 Å². The highest BCUT2D eigenvalue weighted by Crippen LogP contribution is 2.32. The predicted octanol–water partition coefficient (Wildman–Crippen LogP) is 6.20. The number of hydrogen-bond acceptors (Lipinski definition) is 7. The van der Waals surface area contributed by atoms with Gasteiger partial charge in [0, 0.05) is 22.2 Å². The van der Waals surface area contributed by atoms with Gasteiger partial charge < -0.3 is 9.72 Å². The molecule has 182 valence electrons. The fraction of sp³-hybridized carbons (Fsp3) is 0.0714. The third-order valence-electron chi connectivity index (χ3n) is 5.91. The molecule has 0 unspecified atom stereocenters. The molecule has 9 heteroatoms. The van der Waals surface area contributed by atoms with Gasteiger partial charge in [-0.3, -0.25) is 9.36 Å². The van der Waals surface area contributed by atoms with Gasteiger partial charge in [0.2, 0.25) is 0 Å². The molecule has 6 aromatic rings. The lowest BCUT2D eigenvalue weighted by atomic mass is 10.1. The predicted molar refractivity (Wildman–Crippen MR) is 149 cm³/mol. The summed E-state index contributed by atoms with van der Waals surface area (Å²) in [7, 11) is 1.64. The van der Waals surface area contributed by atoms with Crippen LogP contribution in [0.15, 0.2) is 100 Å². The van der Waals surface area contributed by atoms with Gasteiger partial charge in [0.1, 0.15) is 16.4 Å². The first-order valence-corrected chi connectivity index (χ1v) is 13.4. The molecule has 6 rings (SSSR count). The summed E-state index contributed by atoms with van der Waals surface area (Å²) in [5.74, 6) is 2.53. The lowest BCUT2D eigenvalue weighted by Gasteiger charge is -2.10. The molecule has 3 aromatic heterocycles. The molecule has 0 radical (unpaired) electrons. The number of methoxy groups -OCH3 is 1. The van der Waals surface area contributed by atoms with Gasteiger partial charge in [0.15, 0.2) is 11.0 Å². The van der Waals surface area contributed by atoms with Crippen LogP contribution in [0.4, 0.5) is 0 Å². The monoisotopic (exact) mass is 523 g/mol. The summed E-state index contributed by atoms with van der Waals surface area (Å²) in [6.45, 7) is 0. The number of fused-ring (bicyclic) bond motifs is 1. The van der Waals surface area contributed by atoms with Gasteiger partial charge in [-0.2, -0.15) is 0 Å².